The third-order valence-corrected chi connectivity index (χ3v) is 4.28. The quantitative estimate of drug-likeness (QED) is 0.366. The summed E-state index contributed by atoms with van der Waals surface area (Å²) in [4.78, 5) is 47.3. The molecule has 1 aromatic rings. The van der Waals surface area contributed by atoms with Crippen LogP contribution in [0.2, 0.25) is 0 Å². The highest BCUT2D eigenvalue weighted by molar-refractivity contribution is 6.01. The van der Waals surface area contributed by atoms with Crippen LogP contribution in [0.1, 0.15) is 43.5 Å². The molecule has 0 aromatic heterocycles. The number of carboxylic acid groups (broad SMARTS) is 1. The lowest BCUT2D eigenvalue weighted by atomic mass is 9.97. The number of benzene rings is 1. The molecule has 1 unspecified atom stereocenters. The Labute approximate surface area is 157 Å². The number of nitrogen functional groups attached to an aromatic ring is 1. The first kappa shape index (κ1) is 21.9. The van der Waals surface area contributed by atoms with Gasteiger partial charge in [-0.25, -0.2) is 4.79 Å². The maximum atomic E-state index is 12.6. The molecule has 1 aromatic carbocycles. The Morgan fingerprint density at radius 1 is 1.15 bits per heavy atom. The minimum Gasteiger partial charge on any atom is -0.480 e. The first-order valence-electron chi connectivity index (χ1n) is 8.64. The van der Waals surface area contributed by atoms with Crippen molar-refractivity contribution in [1.29, 1.82) is 0 Å². The maximum Gasteiger partial charge on any atom is 0.326 e. The molecule has 0 aliphatic heterocycles. The standard InChI is InChI=1S/C18H26N4O5/c1-3-10(2)15(22-16(24)11-6-4-5-7-12(11)19)17(25)21-13(18(26)27)8-9-14(20)23/h4-7,10,13,15H,3,8-9,19H2,1-2H3,(H2,20,23)(H,21,25)(H,22,24)(H,26,27)/t10?,13-,15+/m0/s1. The number of nitrogens with two attached hydrogens (primary N) is 2. The van der Waals surface area contributed by atoms with Crippen molar-refractivity contribution in [2.45, 2.75) is 45.2 Å². The van der Waals surface area contributed by atoms with Crippen LogP contribution in [0.15, 0.2) is 24.3 Å². The van der Waals surface area contributed by atoms with Crippen molar-refractivity contribution in [3.05, 3.63) is 29.8 Å². The van der Waals surface area contributed by atoms with Crippen LogP contribution in [0.4, 0.5) is 5.69 Å². The molecule has 0 radical (unpaired) electrons. The van der Waals surface area contributed by atoms with Crippen LogP contribution < -0.4 is 22.1 Å². The van der Waals surface area contributed by atoms with E-state index in [1.807, 2.05) is 6.92 Å². The Morgan fingerprint density at radius 3 is 2.30 bits per heavy atom. The van der Waals surface area contributed by atoms with E-state index in [-0.39, 0.29) is 30.0 Å². The van der Waals surface area contributed by atoms with Gasteiger partial charge in [-0.05, 0) is 24.5 Å². The Morgan fingerprint density at radius 2 is 1.78 bits per heavy atom. The minimum absolute atomic E-state index is 0.136. The predicted octanol–water partition coefficient (Wildman–Crippen LogP) is 0.248. The lowest BCUT2D eigenvalue weighted by molar-refractivity contribution is -0.142. The predicted molar refractivity (Wildman–Crippen MR) is 99.6 cm³/mol. The number of nitrogens with one attached hydrogen (secondary N) is 2. The Balaban J connectivity index is 2.93. The van der Waals surface area contributed by atoms with Crippen molar-refractivity contribution in [2.75, 3.05) is 5.73 Å². The number of amides is 3. The van der Waals surface area contributed by atoms with Crippen molar-refractivity contribution in [1.82, 2.24) is 10.6 Å². The molecule has 0 spiro atoms. The van der Waals surface area contributed by atoms with E-state index in [9.17, 15) is 24.3 Å². The number of carboxylic acids is 1. The van der Waals surface area contributed by atoms with E-state index in [1.165, 1.54) is 6.07 Å². The summed E-state index contributed by atoms with van der Waals surface area (Å²) in [5.41, 5.74) is 11.3. The topological polar surface area (TPSA) is 165 Å². The lowest BCUT2D eigenvalue weighted by Gasteiger charge is -2.25. The van der Waals surface area contributed by atoms with Crippen molar-refractivity contribution < 1.29 is 24.3 Å². The van der Waals surface area contributed by atoms with Crippen molar-refractivity contribution >= 4 is 29.4 Å². The summed E-state index contributed by atoms with van der Waals surface area (Å²) in [6, 6.07) is 4.18. The van der Waals surface area contributed by atoms with E-state index in [1.54, 1.807) is 25.1 Å². The number of primary amides is 1. The van der Waals surface area contributed by atoms with E-state index < -0.39 is 35.8 Å². The zero-order valence-electron chi connectivity index (χ0n) is 15.4. The molecule has 9 nitrogen and oxygen atoms in total. The normalized spacial score (nSPS) is 13.9. The van der Waals surface area contributed by atoms with Gasteiger partial charge in [-0.3, -0.25) is 14.4 Å². The third-order valence-electron chi connectivity index (χ3n) is 4.28. The van der Waals surface area contributed by atoms with Gasteiger partial charge in [0.2, 0.25) is 11.8 Å². The molecule has 1 rings (SSSR count). The molecule has 0 heterocycles. The van der Waals surface area contributed by atoms with Crippen molar-refractivity contribution in [2.24, 2.45) is 11.7 Å². The van der Waals surface area contributed by atoms with Gasteiger partial charge in [0.15, 0.2) is 0 Å². The number of anilines is 1. The van der Waals surface area contributed by atoms with Crippen LogP contribution in [0.25, 0.3) is 0 Å². The summed E-state index contributed by atoms with van der Waals surface area (Å²) < 4.78 is 0. The molecule has 9 heteroatoms. The summed E-state index contributed by atoms with van der Waals surface area (Å²) >= 11 is 0. The Bertz CT molecular complexity index is 707. The number of rotatable bonds is 10. The van der Waals surface area contributed by atoms with E-state index in [2.05, 4.69) is 10.6 Å². The first-order valence-corrected chi connectivity index (χ1v) is 8.64. The van der Waals surface area contributed by atoms with Gasteiger partial charge < -0.3 is 27.2 Å². The van der Waals surface area contributed by atoms with E-state index >= 15 is 0 Å². The van der Waals surface area contributed by atoms with Crippen LogP contribution >= 0.6 is 0 Å². The van der Waals surface area contributed by atoms with Crippen molar-refractivity contribution in [3.8, 4) is 0 Å². The van der Waals surface area contributed by atoms with E-state index in [0.29, 0.717) is 6.42 Å². The molecule has 3 amide bonds. The summed E-state index contributed by atoms with van der Waals surface area (Å²) in [5.74, 6) is -3.39. The fourth-order valence-electron chi connectivity index (χ4n) is 2.43. The number of aliphatic carboxylic acids is 1. The summed E-state index contributed by atoms with van der Waals surface area (Å²) in [6.45, 7) is 3.60. The zero-order valence-corrected chi connectivity index (χ0v) is 15.4. The molecule has 0 aliphatic carbocycles. The highest BCUT2D eigenvalue weighted by Crippen LogP contribution is 2.14. The molecule has 0 fully saturated rings. The number of para-hydroxylation sites is 1. The Hall–Kier alpha value is -3.10. The van der Waals surface area contributed by atoms with Crippen LogP contribution in [0.5, 0.6) is 0 Å². The minimum atomic E-state index is -1.29. The van der Waals surface area contributed by atoms with Gasteiger partial charge in [0.1, 0.15) is 12.1 Å². The van der Waals surface area contributed by atoms with Crippen LogP contribution in [0.3, 0.4) is 0 Å². The van der Waals surface area contributed by atoms with E-state index in [4.69, 9.17) is 11.5 Å². The average molecular weight is 378 g/mol. The molecule has 0 aliphatic rings. The number of carbonyl (C=O) groups excluding carboxylic acids is 3. The Kier molecular flexibility index (Phi) is 8.25. The van der Waals surface area contributed by atoms with Crippen molar-refractivity contribution in [3.63, 3.8) is 0 Å². The van der Waals surface area contributed by atoms with Gasteiger partial charge in [0.05, 0.1) is 5.56 Å². The molecule has 148 valence electrons. The monoisotopic (exact) mass is 378 g/mol. The number of hydrogen-bond donors (Lipinski definition) is 5. The smallest absolute Gasteiger partial charge is 0.326 e. The summed E-state index contributed by atoms with van der Waals surface area (Å²) in [5, 5.41) is 14.2. The molecule has 0 bridgehead atoms. The first-order chi connectivity index (χ1) is 12.7. The highest BCUT2D eigenvalue weighted by atomic mass is 16.4. The second-order valence-corrected chi connectivity index (χ2v) is 6.33. The molecule has 7 N–H and O–H groups in total. The molecule has 0 saturated heterocycles. The van der Waals surface area contributed by atoms with E-state index in [0.717, 1.165) is 0 Å². The molecule has 27 heavy (non-hydrogen) atoms. The zero-order chi connectivity index (χ0) is 20.6. The van der Waals surface area contributed by atoms with Gasteiger partial charge in [0, 0.05) is 12.1 Å². The number of hydrogen-bond acceptors (Lipinski definition) is 5. The van der Waals surface area contributed by atoms with Crippen LogP contribution in [-0.4, -0.2) is 40.9 Å². The lowest BCUT2D eigenvalue weighted by Crippen LogP contribution is -2.54. The van der Waals surface area contributed by atoms with Gasteiger partial charge in [-0.2, -0.15) is 0 Å². The highest BCUT2D eigenvalue weighted by Gasteiger charge is 2.30. The average Bonchev–Trinajstić information content (AvgIpc) is 2.61. The molecule has 3 atom stereocenters. The molecular weight excluding hydrogens is 352 g/mol. The summed E-state index contributed by atoms with van der Waals surface area (Å²) in [7, 11) is 0. The molecule has 0 saturated carbocycles. The van der Waals surface area contributed by atoms with Gasteiger partial charge in [0.25, 0.3) is 5.91 Å². The van der Waals surface area contributed by atoms with Gasteiger partial charge >= 0.3 is 5.97 Å². The van der Waals surface area contributed by atoms with Crippen LogP contribution in [-0.2, 0) is 14.4 Å². The fraction of sp³-hybridized carbons (Fsp3) is 0.444. The summed E-state index contributed by atoms with van der Waals surface area (Å²) in [6.07, 6.45) is 0.253. The van der Waals surface area contributed by atoms with Crippen LogP contribution in [0, 0.1) is 5.92 Å². The van der Waals surface area contributed by atoms with Gasteiger partial charge in [-0.1, -0.05) is 32.4 Å². The maximum absolute atomic E-state index is 12.6. The largest absolute Gasteiger partial charge is 0.480 e. The third kappa shape index (κ3) is 6.61. The fourth-order valence-corrected chi connectivity index (χ4v) is 2.43. The molecular formula is C18H26N4O5. The van der Waals surface area contributed by atoms with Gasteiger partial charge in [-0.15, -0.1) is 0 Å². The number of carbonyl (C=O) groups is 4. The second kappa shape index (κ2) is 10.1. The SMILES string of the molecule is CCC(C)[C@@H](NC(=O)c1ccccc1N)C(=O)N[C@@H](CCC(N)=O)C(=O)O. The second-order valence-electron chi connectivity index (χ2n) is 6.33.